The number of Topliss-reactive ketones (excluding diaryl/α,β-unsaturated/α-hetero) is 1. The minimum Gasteiger partial charge on any atom is -0.294 e. The molecule has 0 saturated heterocycles. The van der Waals surface area contributed by atoms with Crippen molar-refractivity contribution in [1.82, 2.24) is 9.29 Å². The number of aromatic nitrogens is 1. The molecule has 0 unspecified atom stereocenters. The topological polar surface area (TPSA) is 67.3 Å². The van der Waals surface area contributed by atoms with Gasteiger partial charge in [0, 0.05) is 26.6 Å². The largest absolute Gasteiger partial charge is 0.294 e. The fraction of sp³-hybridized carbons (Fsp3) is 0.286. The molecule has 2 aromatic rings. The molecule has 21 heavy (non-hydrogen) atoms. The minimum absolute atomic E-state index is 0.0656. The standard InChI is InChI=1S/C14H16N2O3S2/c1-9-13(10(2)17)20-14(15-9)11-7-5-6-8-12(11)21(18,19)16(3)4/h5-8H,1-4H3. The van der Waals surface area contributed by atoms with Crippen LogP contribution in [0.5, 0.6) is 0 Å². The highest BCUT2D eigenvalue weighted by atomic mass is 32.2. The maximum Gasteiger partial charge on any atom is 0.243 e. The van der Waals surface area contributed by atoms with E-state index in [1.807, 2.05) is 0 Å². The molecule has 112 valence electrons. The first-order chi connectivity index (χ1) is 9.75. The van der Waals surface area contributed by atoms with Gasteiger partial charge in [0.1, 0.15) is 5.01 Å². The number of thiazole rings is 1. The van der Waals surface area contributed by atoms with E-state index in [9.17, 15) is 13.2 Å². The van der Waals surface area contributed by atoms with E-state index in [1.165, 1.54) is 32.4 Å². The van der Waals surface area contributed by atoms with Gasteiger partial charge >= 0.3 is 0 Å². The van der Waals surface area contributed by atoms with Crippen LogP contribution in [0.15, 0.2) is 29.2 Å². The van der Waals surface area contributed by atoms with E-state index in [2.05, 4.69) is 4.98 Å². The second-order valence-electron chi connectivity index (χ2n) is 4.77. The molecule has 0 radical (unpaired) electrons. The number of nitrogens with zero attached hydrogens (tertiary/aromatic N) is 2. The lowest BCUT2D eigenvalue weighted by Crippen LogP contribution is -2.22. The first kappa shape index (κ1) is 15.8. The molecule has 0 fully saturated rings. The second kappa shape index (κ2) is 5.67. The molecule has 5 nitrogen and oxygen atoms in total. The first-order valence-corrected chi connectivity index (χ1v) is 8.51. The van der Waals surface area contributed by atoms with Gasteiger partial charge in [0.15, 0.2) is 5.78 Å². The Balaban J connectivity index is 2.67. The van der Waals surface area contributed by atoms with Crippen molar-refractivity contribution in [2.45, 2.75) is 18.7 Å². The van der Waals surface area contributed by atoms with E-state index in [-0.39, 0.29) is 10.7 Å². The van der Waals surface area contributed by atoms with Crippen molar-refractivity contribution < 1.29 is 13.2 Å². The highest BCUT2D eigenvalue weighted by Gasteiger charge is 2.24. The zero-order chi connectivity index (χ0) is 15.8. The van der Waals surface area contributed by atoms with Gasteiger partial charge in [-0.1, -0.05) is 18.2 Å². The number of sulfonamides is 1. The normalized spacial score (nSPS) is 11.9. The van der Waals surface area contributed by atoms with Gasteiger partial charge in [0.25, 0.3) is 0 Å². The van der Waals surface area contributed by atoms with Crippen molar-refractivity contribution >= 4 is 27.1 Å². The molecule has 0 amide bonds. The predicted octanol–water partition coefficient (Wildman–Crippen LogP) is 2.57. The second-order valence-corrected chi connectivity index (χ2v) is 7.89. The Hall–Kier alpha value is -1.57. The average Bonchev–Trinajstić information content (AvgIpc) is 2.80. The maximum absolute atomic E-state index is 12.4. The number of benzene rings is 1. The maximum atomic E-state index is 12.4. The van der Waals surface area contributed by atoms with E-state index in [0.717, 1.165) is 4.31 Å². The highest BCUT2D eigenvalue weighted by Crippen LogP contribution is 2.33. The smallest absolute Gasteiger partial charge is 0.243 e. The van der Waals surface area contributed by atoms with Crippen LogP contribution in [0, 0.1) is 6.92 Å². The van der Waals surface area contributed by atoms with E-state index in [4.69, 9.17) is 0 Å². The van der Waals surface area contributed by atoms with Crippen LogP contribution in [0.4, 0.5) is 0 Å². The van der Waals surface area contributed by atoms with Crippen LogP contribution in [0.3, 0.4) is 0 Å². The Morgan fingerprint density at radius 3 is 2.38 bits per heavy atom. The van der Waals surface area contributed by atoms with Crippen LogP contribution in [-0.4, -0.2) is 37.6 Å². The van der Waals surface area contributed by atoms with Crippen molar-refractivity contribution in [3.63, 3.8) is 0 Å². The van der Waals surface area contributed by atoms with E-state index in [1.54, 1.807) is 31.2 Å². The van der Waals surface area contributed by atoms with Gasteiger partial charge in [-0.3, -0.25) is 4.79 Å². The fourth-order valence-electron chi connectivity index (χ4n) is 1.90. The molecule has 0 saturated carbocycles. The summed E-state index contributed by atoms with van der Waals surface area (Å²) >= 11 is 1.22. The number of hydrogen-bond donors (Lipinski definition) is 0. The summed E-state index contributed by atoms with van der Waals surface area (Å²) in [5.41, 5.74) is 1.14. The zero-order valence-corrected chi connectivity index (χ0v) is 13.9. The van der Waals surface area contributed by atoms with E-state index in [0.29, 0.717) is 21.1 Å². The quantitative estimate of drug-likeness (QED) is 0.811. The molecule has 0 aliphatic rings. The molecule has 1 aromatic carbocycles. The van der Waals surface area contributed by atoms with Gasteiger partial charge in [0.2, 0.25) is 10.0 Å². The van der Waals surface area contributed by atoms with Gasteiger partial charge in [-0.25, -0.2) is 17.7 Å². The number of aryl methyl sites for hydroxylation is 1. The number of ketones is 1. The summed E-state index contributed by atoms with van der Waals surface area (Å²) in [5, 5.41) is 0.540. The van der Waals surface area contributed by atoms with Crippen LogP contribution < -0.4 is 0 Å². The van der Waals surface area contributed by atoms with Gasteiger partial charge < -0.3 is 0 Å². The Bertz CT molecular complexity index is 792. The summed E-state index contributed by atoms with van der Waals surface area (Å²) in [4.78, 5) is 16.6. The van der Waals surface area contributed by atoms with Gasteiger partial charge in [-0.15, -0.1) is 11.3 Å². The molecule has 1 heterocycles. The molecule has 0 bridgehead atoms. The van der Waals surface area contributed by atoms with Crippen LogP contribution in [0.25, 0.3) is 10.6 Å². The Kier molecular flexibility index (Phi) is 4.27. The highest BCUT2D eigenvalue weighted by molar-refractivity contribution is 7.89. The van der Waals surface area contributed by atoms with E-state index >= 15 is 0 Å². The molecule has 1 aromatic heterocycles. The Morgan fingerprint density at radius 2 is 1.86 bits per heavy atom. The number of hydrogen-bond acceptors (Lipinski definition) is 5. The third-order valence-corrected chi connectivity index (χ3v) is 6.16. The zero-order valence-electron chi connectivity index (χ0n) is 12.2. The molecular formula is C14H16N2O3S2. The molecule has 0 N–H and O–H groups in total. The Morgan fingerprint density at radius 1 is 1.24 bits per heavy atom. The van der Waals surface area contributed by atoms with Gasteiger partial charge in [0.05, 0.1) is 15.5 Å². The lowest BCUT2D eigenvalue weighted by atomic mass is 10.2. The average molecular weight is 324 g/mol. The molecule has 2 rings (SSSR count). The molecule has 7 heteroatoms. The molecule has 0 spiro atoms. The number of carbonyl (C=O) groups excluding carboxylic acids is 1. The van der Waals surface area contributed by atoms with Gasteiger partial charge in [-0.2, -0.15) is 0 Å². The Labute approximate surface area is 128 Å². The third kappa shape index (κ3) is 2.90. The molecular weight excluding hydrogens is 308 g/mol. The fourth-order valence-corrected chi connectivity index (χ4v) is 4.06. The van der Waals surface area contributed by atoms with Crippen molar-refractivity contribution in [3.05, 3.63) is 34.8 Å². The SMILES string of the molecule is CC(=O)c1sc(-c2ccccc2S(=O)(=O)N(C)C)nc1C. The monoisotopic (exact) mass is 324 g/mol. The third-order valence-electron chi connectivity index (χ3n) is 2.99. The van der Waals surface area contributed by atoms with Crippen LogP contribution in [0.2, 0.25) is 0 Å². The number of carbonyl (C=O) groups is 1. The summed E-state index contributed by atoms with van der Waals surface area (Å²) in [7, 11) is -0.592. The van der Waals surface area contributed by atoms with Gasteiger partial charge in [-0.05, 0) is 13.0 Å². The minimum atomic E-state index is -3.56. The van der Waals surface area contributed by atoms with E-state index < -0.39 is 10.0 Å². The summed E-state index contributed by atoms with van der Waals surface area (Å²) in [6, 6.07) is 6.69. The van der Waals surface area contributed by atoms with Crippen LogP contribution in [-0.2, 0) is 10.0 Å². The molecule has 0 atom stereocenters. The van der Waals surface area contributed by atoms with Crippen molar-refractivity contribution in [2.75, 3.05) is 14.1 Å². The summed E-state index contributed by atoms with van der Waals surface area (Å²) < 4.78 is 25.9. The lowest BCUT2D eigenvalue weighted by molar-refractivity contribution is 0.102. The van der Waals surface area contributed by atoms with Crippen molar-refractivity contribution in [2.24, 2.45) is 0 Å². The van der Waals surface area contributed by atoms with Crippen LogP contribution >= 0.6 is 11.3 Å². The predicted molar refractivity (Wildman–Crippen MR) is 83.2 cm³/mol. The summed E-state index contributed by atoms with van der Waals surface area (Å²) in [6.45, 7) is 3.23. The van der Waals surface area contributed by atoms with Crippen molar-refractivity contribution in [3.8, 4) is 10.6 Å². The lowest BCUT2D eigenvalue weighted by Gasteiger charge is -2.13. The first-order valence-electron chi connectivity index (χ1n) is 6.25. The summed E-state index contributed by atoms with van der Waals surface area (Å²) in [5.74, 6) is -0.0656. The molecule has 0 aliphatic heterocycles. The van der Waals surface area contributed by atoms with Crippen molar-refractivity contribution in [1.29, 1.82) is 0 Å². The number of rotatable bonds is 4. The molecule has 0 aliphatic carbocycles. The summed E-state index contributed by atoms with van der Waals surface area (Å²) in [6.07, 6.45) is 0. The van der Waals surface area contributed by atoms with Crippen LogP contribution in [0.1, 0.15) is 22.3 Å².